The van der Waals surface area contributed by atoms with E-state index in [1.807, 2.05) is 0 Å². The van der Waals surface area contributed by atoms with E-state index in [1.165, 1.54) is 19.3 Å². The normalized spacial score (nSPS) is 39.1. The lowest BCUT2D eigenvalue weighted by atomic mass is 9.72. The Morgan fingerprint density at radius 1 is 1.38 bits per heavy atom. The number of nitrogens with zero attached hydrogens (tertiary/aromatic N) is 2. The number of aliphatic hydroxyl groups excluding tert-OH is 1. The second-order valence-electron chi connectivity index (χ2n) is 7.23. The van der Waals surface area contributed by atoms with Gasteiger partial charge in [0, 0.05) is 24.0 Å². The first-order valence-electron chi connectivity index (χ1n) is 8.20. The van der Waals surface area contributed by atoms with E-state index in [0.29, 0.717) is 12.6 Å². The second-order valence-corrected chi connectivity index (χ2v) is 7.23. The Bertz CT molecular complexity index is 418. The lowest BCUT2D eigenvalue weighted by molar-refractivity contribution is -0.180. The average Bonchev–Trinajstić information content (AvgIpc) is 2.93. The van der Waals surface area contributed by atoms with Gasteiger partial charge in [0.25, 0.3) is 0 Å². The molecule has 0 amide bonds. The van der Waals surface area contributed by atoms with Crippen LogP contribution in [0, 0.1) is 17.2 Å². The van der Waals surface area contributed by atoms with Crippen LogP contribution in [0.15, 0.2) is 0 Å². The third kappa shape index (κ3) is 2.59. The van der Waals surface area contributed by atoms with Crippen LogP contribution in [0.3, 0.4) is 0 Å². The minimum atomic E-state index is -0.316. The molecule has 3 rings (SSSR count). The van der Waals surface area contributed by atoms with Gasteiger partial charge in [0.1, 0.15) is 0 Å². The lowest BCUT2D eigenvalue weighted by Crippen LogP contribution is -2.73. The molecule has 3 aliphatic rings. The molecule has 118 valence electrons. The van der Waals surface area contributed by atoms with E-state index in [-0.39, 0.29) is 23.6 Å². The van der Waals surface area contributed by atoms with Gasteiger partial charge in [-0.15, -0.1) is 0 Å². The summed E-state index contributed by atoms with van der Waals surface area (Å²) in [4.78, 5) is 2.39. The largest absolute Gasteiger partial charge is 0.394 e. The lowest BCUT2D eigenvalue weighted by Gasteiger charge is -2.59. The zero-order valence-corrected chi connectivity index (χ0v) is 13.0. The molecular formula is C16H27N3O2. The number of likely N-dealkylation sites (N-methyl/N-ethyl adjacent to an activating group) is 1. The van der Waals surface area contributed by atoms with Crippen LogP contribution in [0.4, 0.5) is 0 Å². The van der Waals surface area contributed by atoms with Gasteiger partial charge < -0.3 is 15.2 Å². The van der Waals surface area contributed by atoms with Gasteiger partial charge in [-0.05, 0) is 45.6 Å². The summed E-state index contributed by atoms with van der Waals surface area (Å²) in [5, 5.41) is 22.6. The van der Waals surface area contributed by atoms with Gasteiger partial charge in [0.15, 0.2) is 0 Å². The maximum atomic E-state index is 10.0. The quantitative estimate of drug-likeness (QED) is 0.805. The van der Waals surface area contributed by atoms with Crippen molar-refractivity contribution in [2.75, 3.05) is 33.4 Å². The minimum absolute atomic E-state index is 0.118. The predicted molar refractivity (Wildman–Crippen MR) is 79.7 cm³/mol. The van der Waals surface area contributed by atoms with Gasteiger partial charge in [-0.1, -0.05) is 0 Å². The van der Waals surface area contributed by atoms with Crippen LogP contribution in [-0.2, 0) is 4.74 Å². The van der Waals surface area contributed by atoms with E-state index in [4.69, 9.17) is 10.00 Å². The van der Waals surface area contributed by atoms with Crippen molar-refractivity contribution < 1.29 is 9.84 Å². The molecule has 0 radical (unpaired) electrons. The smallest absolute Gasteiger partial charge is 0.0804 e. The summed E-state index contributed by atoms with van der Waals surface area (Å²) < 4.78 is 5.87. The van der Waals surface area contributed by atoms with Crippen molar-refractivity contribution in [3.8, 4) is 6.07 Å². The number of rotatable bonds is 4. The Morgan fingerprint density at radius 3 is 2.76 bits per heavy atom. The molecule has 3 fully saturated rings. The topological polar surface area (TPSA) is 68.5 Å². The maximum absolute atomic E-state index is 10.0. The molecule has 5 nitrogen and oxygen atoms in total. The van der Waals surface area contributed by atoms with Gasteiger partial charge in [0.2, 0.25) is 0 Å². The van der Waals surface area contributed by atoms with Crippen LogP contribution in [-0.4, -0.2) is 60.5 Å². The minimum Gasteiger partial charge on any atom is -0.394 e. The predicted octanol–water partition coefficient (Wildman–Crippen LogP) is 0.884. The zero-order valence-electron chi connectivity index (χ0n) is 13.0. The van der Waals surface area contributed by atoms with Gasteiger partial charge in [-0.2, -0.15) is 5.26 Å². The molecule has 3 atom stereocenters. The molecule has 0 aromatic heterocycles. The molecule has 0 bridgehead atoms. The standard InChI is InChI=1S/C16H27N3O2/c1-19-15(5-2-6-15)11-21-12-16(19,10-20)9-18-14-4-3-13(7-14)8-17/h13-14,18,20H,2-7,9-12H2,1H3. The number of ether oxygens (including phenoxy) is 1. The Balaban J connectivity index is 1.62. The van der Waals surface area contributed by atoms with Gasteiger partial charge >= 0.3 is 0 Å². The van der Waals surface area contributed by atoms with E-state index in [2.05, 4.69) is 23.3 Å². The molecule has 1 heterocycles. The van der Waals surface area contributed by atoms with E-state index < -0.39 is 0 Å². The highest BCUT2D eigenvalue weighted by molar-refractivity contribution is 5.08. The monoisotopic (exact) mass is 293 g/mol. The number of morpholine rings is 1. The summed E-state index contributed by atoms with van der Waals surface area (Å²) in [6.07, 6.45) is 6.60. The third-order valence-electron chi connectivity index (χ3n) is 6.08. The molecule has 1 aliphatic heterocycles. The molecule has 2 saturated carbocycles. The summed E-state index contributed by atoms with van der Waals surface area (Å²) in [5.74, 6) is 0.200. The fourth-order valence-corrected chi connectivity index (χ4v) is 4.19. The van der Waals surface area contributed by atoms with Crippen LogP contribution < -0.4 is 5.32 Å². The number of hydrogen-bond donors (Lipinski definition) is 2. The molecule has 2 aliphatic carbocycles. The van der Waals surface area contributed by atoms with E-state index in [1.54, 1.807) is 0 Å². The molecule has 5 heteroatoms. The van der Waals surface area contributed by atoms with Crippen molar-refractivity contribution in [2.45, 2.75) is 55.6 Å². The van der Waals surface area contributed by atoms with Crippen molar-refractivity contribution in [3.63, 3.8) is 0 Å². The molecule has 1 saturated heterocycles. The first-order chi connectivity index (χ1) is 10.1. The van der Waals surface area contributed by atoms with E-state index in [0.717, 1.165) is 32.4 Å². The third-order valence-corrected chi connectivity index (χ3v) is 6.08. The zero-order chi connectivity index (χ0) is 14.9. The summed E-state index contributed by atoms with van der Waals surface area (Å²) in [7, 11) is 2.15. The van der Waals surface area contributed by atoms with Gasteiger partial charge in [-0.25, -0.2) is 0 Å². The van der Waals surface area contributed by atoms with Gasteiger partial charge in [0.05, 0.1) is 31.4 Å². The van der Waals surface area contributed by atoms with Crippen LogP contribution >= 0.6 is 0 Å². The van der Waals surface area contributed by atoms with Crippen molar-refractivity contribution >= 4 is 0 Å². The van der Waals surface area contributed by atoms with Crippen molar-refractivity contribution in [1.82, 2.24) is 10.2 Å². The molecule has 21 heavy (non-hydrogen) atoms. The molecule has 2 N–H and O–H groups in total. The molecule has 3 unspecified atom stereocenters. The Morgan fingerprint density at radius 2 is 2.19 bits per heavy atom. The first kappa shape index (κ1) is 15.2. The van der Waals surface area contributed by atoms with Crippen molar-refractivity contribution in [1.29, 1.82) is 5.26 Å². The van der Waals surface area contributed by atoms with E-state index >= 15 is 0 Å². The van der Waals surface area contributed by atoms with Crippen LogP contribution in [0.25, 0.3) is 0 Å². The number of aliphatic hydroxyl groups is 1. The van der Waals surface area contributed by atoms with Crippen LogP contribution in [0.2, 0.25) is 0 Å². The van der Waals surface area contributed by atoms with E-state index in [9.17, 15) is 5.11 Å². The highest BCUT2D eigenvalue weighted by Crippen LogP contribution is 2.43. The summed E-state index contributed by atoms with van der Waals surface area (Å²) >= 11 is 0. The summed E-state index contributed by atoms with van der Waals surface area (Å²) in [5.41, 5.74) is -0.170. The maximum Gasteiger partial charge on any atom is 0.0804 e. The molecule has 0 aromatic carbocycles. The number of hydrogen-bond acceptors (Lipinski definition) is 5. The SMILES string of the molecule is CN1C2(CCC2)COCC1(CO)CNC1CCC(C#N)C1. The summed E-state index contributed by atoms with van der Waals surface area (Å²) in [6, 6.07) is 2.78. The van der Waals surface area contributed by atoms with Crippen molar-refractivity contribution in [3.05, 3.63) is 0 Å². The Kier molecular flexibility index (Phi) is 4.24. The highest BCUT2D eigenvalue weighted by atomic mass is 16.5. The van der Waals surface area contributed by atoms with Crippen LogP contribution in [0.1, 0.15) is 38.5 Å². The fourth-order valence-electron chi connectivity index (χ4n) is 4.19. The van der Waals surface area contributed by atoms with Crippen LogP contribution in [0.5, 0.6) is 0 Å². The Labute approximate surface area is 127 Å². The van der Waals surface area contributed by atoms with Gasteiger partial charge in [-0.3, -0.25) is 4.90 Å². The fraction of sp³-hybridized carbons (Fsp3) is 0.938. The first-order valence-corrected chi connectivity index (χ1v) is 8.20. The number of nitrogens with one attached hydrogen (secondary N) is 1. The highest BCUT2D eigenvalue weighted by Gasteiger charge is 2.53. The van der Waals surface area contributed by atoms with Crippen molar-refractivity contribution in [2.24, 2.45) is 5.92 Å². The average molecular weight is 293 g/mol. The Hall–Kier alpha value is -0.670. The molecule has 0 aromatic rings. The molecular weight excluding hydrogens is 266 g/mol. The number of nitriles is 1. The second kappa shape index (κ2) is 5.85. The molecule has 1 spiro atoms. The summed E-state index contributed by atoms with van der Waals surface area (Å²) in [6.45, 7) is 2.24.